The molecule has 0 amide bonds. The zero-order chi connectivity index (χ0) is 11.1. The van der Waals surface area contributed by atoms with Crippen molar-refractivity contribution in [3.05, 3.63) is 0 Å². The second-order valence-corrected chi connectivity index (χ2v) is 6.24. The average Bonchev–Trinajstić information content (AvgIpc) is 2.20. The van der Waals surface area contributed by atoms with E-state index < -0.39 is 10.8 Å². The van der Waals surface area contributed by atoms with E-state index in [2.05, 4.69) is 19.2 Å². The topological polar surface area (TPSA) is 38.3 Å². The maximum Gasteiger partial charge on any atom is 0.0591 e. The molecule has 0 saturated carbocycles. The van der Waals surface area contributed by atoms with Crippen molar-refractivity contribution in [3.63, 3.8) is 0 Å². The molecule has 0 unspecified atom stereocenters. The molecule has 0 aromatic rings. The molecule has 1 N–H and O–H groups in total. The first kappa shape index (κ1) is 13.1. The molecular weight excluding hydrogens is 210 g/mol. The van der Waals surface area contributed by atoms with Crippen LogP contribution in [0.2, 0.25) is 0 Å². The Balaban J connectivity index is 1.94. The molecule has 0 radical (unpaired) electrons. The Hall–Kier alpha value is 0.0700. The molecule has 0 spiro atoms. The molecule has 3 nitrogen and oxygen atoms in total. The third-order valence-corrected chi connectivity index (χ3v) is 3.90. The average molecular weight is 233 g/mol. The van der Waals surface area contributed by atoms with Gasteiger partial charge in [-0.3, -0.25) is 4.21 Å². The summed E-state index contributed by atoms with van der Waals surface area (Å²) >= 11 is 0. The molecule has 4 heteroatoms. The molecule has 0 aromatic heterocycles. The molecule has 0 aliphatic carbocycles. The smallest absolute Gasteiger partial charge is 0.0591 e. The van der Waals surface area contributed by atoms with Crippen LogP contribution >= 0.6 is 0 Å². The summed E-state index contributed by atoms with van der Waals surface area (Å²) in [5.74, 6) is 2.34. The van der Waals surface area contributed by atoms with Crippen molar-refractivity contribution >= 4 is 10.8 Å². The van der Waals surface area contributed by atoms with E-state index in [1.807, 2.05) is 0 Å². The molecule has 0 aromatic carbocycles. The monoisotopic (exact) mass is 233 g/mol. The Labute approximate surface area is 95.4 Å². The van der Waals surface area contributed by atoms with Gasteiger partial charge in [0.15, 0.2) is 0 Å². The molecule has 1 rings (SSSR count). The summed E-state index contributed by atoms with van der Waals surface area (Å²) in [7, 11) is -0.547. The first-order valence-electron chi connectivity index (χ1n) is 5.84. The minimum Gasteiger partial charge on any atom is -0.380 e. The Kier molecular flexibility index (Phi) is 6.45. The van der Waals surface area contributed by atoms with E-state index in [1.165, 1.54) is 0 Å². The Bertz CT molecular complexity index is 187. The van der Waals surface area contributed by atoms with Gasteiger partial charge in [-0.1, -0.05) is 13.8 Å². The summed E-state index contributed by atoms with van der Waals surface area (Å²) in [6.07, 6.45) is 2.10. The Morgan fingerprint density at radius 1 is 1.40 bits per heavy atom. The third kappa shape index (κ3) is 6.28. The van der Waals surface area contributed by atoms with E-state index in [9.17, 15) is 4.21 Å². The number of rotatable bonds is 6. The van der Waals surface area contributed by atoms with Crippen molar-refractivity contribution in [2.24, 2.45) is 5.92 Å². The van der Waals surface area contributed by atoms with Gasteiger partial charge in [0, 0.05) is 41.5 Å². The lowest BCUT2D eigenvalue weighted by Crippen LogP contribution is -2.37. The standard InChI is InChI=1S/C11H23NO2S/c1-10(2)9-14-6-5-12-11-3-7-15(13)8-4-11/h10-12H,3-9H2,1-2H3. The highest BCUT2D eigenvalue weighted by Gasteiger charge is 2.16. The van der Waals surface area contributed by atoms with Crippen LogP contribution in [0.25, 0.3) is 0 Å². The molecule has 15 heavy (non-hydrogen) atoms. The molecule has 1 heterocycles. The maximum absolute atomic E-state index is 11.1. The van der Waals surface area contributed by atoms with E-state index in [0.29, 0.717) is 12.0 Å². The van der Waals surface area contributed by atoms with Gasteiger partial charge in [-0.15, -0.1) is 0 Å². The van der Waals surface area contributed by atoms with Crippen LogP contribution in [-0.4, -0.2) is 41.5 Å². The summed E-state index contributed by atoms with van der Waals surface area (Å²) < 4.78 is 16.6. The predicted molar refractivity (Wildman–Crippen MR) is 64.6 cm³/mol. The highest BCUT2D eigenvalue weighted by Crippen LogP contribution is 2.08. The molecule has 1 fully saturated rings. The van der Waals surface area contributed by atoms with Gasteiger partial charge in [-0.2, -0.15) is 0 Å². The molecule has 1 aliphatic heterocycles. The lowest BCUT2D eigenvalue weighted by molar-refractivity contribution is 0.110. The number of nitrogens with one attached hydrogen (secondary N) is 1. The first-order valence-corrected chi connectivity index (χ1v) is 7.33. The lowest BCUT2D eigenvalue weighted by Gasteiger charge is -2.22. The number of ether oxygens (including phenoxy) is 1. The molecule has 90 valence electrons. The summed E-state index contributed by atoms with van der Waals surface area (Å²) in [5.41, 5.74) is 0. The minimum absolute atomic E-state index is 0.547. The maximum atomic E-state index is 11.1. The Morgan fingerprint density at radius 2 is 2.07 bits per heavy atom. The van der Waals surface area contributed by atoms with Gasteiger partial charge in [0.25, 0.3) is 0 Å². The summed E-state index contributed by atoms with van der Waals surface area (Å²) in [6.45, 7) is 6.87. The molecule has 1 aliphatic rings. The highest BCUT2D eigenvalue weighted by molar-refractivity contribution is 7.85. The fourth-order valence-corrected chi connectivity index (χ4v) is 2.95. The van der Waals surface area contributed by atoms with Crippen molar-refractivity contribution < 1.29 is 8.95 Å². The van der Waals surface area contributed by atoms with E-state index >= 15 is 0 Å². The summed E-state index contributed by atoms with van der Waals surface area (Å²) in [4.78, 5) is 0. The van der Waals surface area contributed by atoms with Crippen LogP contribution in [0.15, 0.2) is 0 Å². The predicted octanol–water partition coefficient (Wildman–Crippen LogP) is 1.16. The van der Waals surface area contributed by atoms with E-state index in [1.54, 1.807) is 0 Å². The van der Waals surface area contributed by atoms with Crippen molar-refractivity contribution in [2.45, 2.75) is 32.7 Å². The molecule has 0 bridgehead atoms. The van der Waals surface area contributed by atoms with Gasteiger partial charge in [-0.25, -0.2) is 0 Å². The lowest BCUT2D eigenvalue weighted by atomic mass is 10.1. The summed E-state index contributed by atoms with van der Waals surface area (Å²) in [6, 6.07) is 0.561. The molecule has 0 atom stereocenters. The second-order valence-electron chi connectivity index (χ2n) is 4.55. The van der Waals surface area contributed by atoms with E-state index in [4.69, 9.17) is 4.74 Å². The van der Waals surface area contributed by atoms with Gasteiger partial charge in [0.2, 0.25) is 0 Å². The van der Waals surface area contributed by atoms with Crippen molar-refractivity contribution in [1.29, 1.82) is 0 Å². The zero-order valence-electron chi connectivity index (χ0n) is 9.83. The van der Waals surface area contributed by atoms with Crippen molar-refractivity contribution in [3.8, 4) is 0 Å². The zero-order valence-corrected chi connectivity index (χ0v) is 10.6. The van der Waals surface area contributed by atoms with Gasteiger partial charge in [0.05, 0.1) is 6.61 Å². The van der Waals surface area contributed by atoms with Crippen LogP contribution in [0.5, 0.6) is 0 Å². The van der Waals surface area contributed by atoms with Crippen LogP contribution in [0, 0.1) is 5.92 Å². The second kappa shape index (κ2) is 7.36. The molecule has 1 saturated heterocycles. The van der Waals surface area contributed by atoms with Crippen LogP contribution in [-0.2, 0) is 15.5 Å². The van der Waals surface area contributed by atoms with Gasteiger partial charge in [-0.05, 0) is 18.8 Å². The first-order chi connectivity index (χ1) is 7.18. The van der Waals surface area contributed by atoms with Crippen LogP contribution < -0.4 is 5.32 Å². The van der Waals surface area contributed by atoms with Gasteiger partial charge in [0.1, 0.15) is 0 Å². The SMILES string of the molecule is CC(C)COCCNC1CCS(=O)CC1. The largest absolute Gasteiger partial charge is 0.380 e. The quantitative estimate of drug-likeness (QED) is 0.700. The minimum atomic E-state index is -0.547. The Morgan fingerprint density at radius 3 is 2.67 bits per heavy atom. The number of hydrogen-bond donors (Lipinski definition) is 1. The fraction of sp³-hybridized carbons (Fsp3) is 1.00. The van der Waals surface area contributed by atoms with E-state index in [-0.39, 0.29) is 0 Å². The van der Waals surface area contributed by atoms with Crippen molar-refractivity contribution in [2.75, 3.05) is 31.3 Å². The van der Waals surface area contributed by atoms with Crippen LogP contribution in [0.4, 0.5) is 0 Å². The highest BCUT2D eigenvalue weighted by atomic mass is 32.2. The van der Waals surface area contributed by atoms with Crippen molar-refractivity contribution in [1.82, 2.24) is 5.32 Å². The fourth-order valence-electron chi connectivity index (χ4n) is 1.65. The van der Waals surface area contributed by atoms with Gasteiger partial charge >= 0.3 is 0 Å². The van der Waals surface area contributed by atoms with Crippen LogP contribution in [0.3, 0.4) is 0 Å². The number of hydrogen-bond acceptors (Lipinski definition) is 3. The summed E-state index contributed by atoms with van der Waals surface area (Å²) in [5, 5.41) is 3.46. The third-order valence-electron chi connectivity index (χ3n) is 2.52. The molecular formula is C11H23NO2S. The normalized spacial score (nSPS) is 27.1. The van der Waals surface area contributed by atoms with Gasteiger partial charge < -0.3 is 10.1 Å². The van der Waals surface area contributed by atoms with E-state index in [0.717, 1.165) is 44.1 Å². The van der Waals surface area contributed by atoms with Crippen LogP contribution in [0.1, 0.15) is 26.7 Å².